The van der Waals surface area contributed by atoms with Crippen molar-refractivity contribution in [1.82, 2.24) is 4.98 Å². The van der Waals surface area contributed by atoms with Gasteiger partial charge in [0.2, 0.25) is 5.13 Å². The summed E-state index contributed by atoms with van der Waals surface area (Å²) in [5, 5.41) is 12.7. The van der Waals surface area contributed by atoms with Crippen LogP contribution in [-0.4, -0.2) is 29.2 Å². The second-order valence-electron chi connectivity index (χ2n) is 5.64. The zero-order valence-electron chi connectivity index (χ0n) is 13.8. The molecule has 0 bridgehead atoms. The first kappa shape index (κ1) is 16.2. The second-order valence-corrected chi connectivity index (χ2v) is 6.48. The number of aliphatic imine (C=N–C) groups is 1. The van der Waals surface area contributed by atoms with Crippen molar-refractivity contribution < 1.29 is 14.6 Å². The number of benzene rings is 2. The van der Waals surface area contributed by atoms with Crippen molar-refractivity contribution in [3.8, 4) is 17.0 Å². The average molecular weight is 362 g/mol. The molecule has 0 fully saturated rings. The first-order valence-corrected chi connectivity index (χ1v) is 8.76. The number of aromatic nitrogens is 1. The van der Waals surface area contributed by atoms with Gasteiger partial charge in [0.25, 0.3) is 0 Å². The Morgan fingerprint density at radius 2 is 1.85 bits per heavy atom. The van der Waals surface area contributed by atoms with Crippen molar-refractivity contribution in [3.05, 3.63) is 70.6 Å². The summed E-state index contributed by atoms with van der Waals surface area (Å²) in [5.41, 5.74) is 2.97. The number of ketones is 1. The summed E-state index contributed by atoms with van der Waals surface area (Å²) in [6, 6.07) is 14.6. The number of nitrogens with zero attached hydrogens (tertiary/aromatic N) is 2. The molecule has 0 spiro atoms. The van der Waals surface area contributed by atoms with Gasteiger partial charge >= 0.3 is 0 Å². The van der Waals surface area contributed by atoms with Gasteiger partial charge in [-0.2, -0.15) is 0 Å². The van der Waals surface area contributed by atoms with E-state index >= 15 is 0 Å². The number of thiazole rings is 1. The van der Waals surface area contributed by atoms with E-state index in [0.717, 1.165) is 17.0 Å². The maximum Gasteiger partial charge on any atom is 0.209 e. The zero-order valence-corrected chi connectivity index (χ0v) is 14.7. The van der Waals surface area contributed by atoms with Crippen LogP contribution in [0.5, 0.6) is 5.75 Å². The summed E-state index contributed by atoms with van der Waals surface area (Å²) >= 11 is 1.37. The van der Waals surface area contributed by atoms with E-state index in [1.165, 1.54) is 17.6 Å². The number of fused-ring (bicyclic) bond motifs is 1. The molecule has 0 saturated carbocycles. The molecule has 2 aromatic carbocycles. The SMILES string of the molecule is COc1ccc(-c2csc(N=CC3=C(O)c4ccccc4C3=O)n2)cc1. The van der Waals surface area contributed by atoms with E-state index in [2.05, 4.69) is 9.98 Å². The van der Waals surface area contributed by atoms with E-state index in [4.69, 9.17) is 4.74 Å². The van der Waals surface area contributed by atoms with E-state index in [9.17, 15) is 9.90 Å². The molecule has 1 aliphatic carbocycles. The lowest BCUT2D eigenvalue weighted by atomic mass is 10.1. The Kier molecular flexibility index (Phi) is 4.10. The van der Waals surface area contributed by atoms with Crippen LogP contribution < -0.4 is 4.74 Å². The number of aliphatic hydroxyl groups is 1. The van der Waals surface area contributed by atoms with Crippen LogP contribution in [0.2, 0.25) is 0 Å². The van der Waals surface area contributed by atoms with Crippen LogP contribution in [0.4, 0.5) is 5.13 Å². The van der Waals surface area contributed by atoms with Crippen molar-refractivity contribution in [2.45, 2.75) is 0 Å². The smallest absolute Gasteiger partial charge is 0.209 e. The molecular formula is C20H14N2O3S. The quantitative estimate of drug-likeness (QED) is 0.684. The minimum Gasteiger partial charge on any atom is -0.506 e. The van der Waals surface area contributed by atoms with Gasteiger partial charge in [0.05, 0.1) is 18.4 Å². The van der Waals surface area contributed by atoms with Crippen LogP contribution in [0.25, 0.3) is 17.0 Å². The Morgan fingerprint density at radius 1 is 1.12 bits per heavy atom. The summed E-state index contributed by atoms with van der Waals surface area (Å²) in [4.78, 5) is 21.1. The molecule has 6 heteroatoms. The molecule has 0 amide bonds. The number of ether oxygens (including phenoxy) is 1. The van der Waals surface area contributed by atoms with Gasteiger partial charge < -0.3 is 9.84 Å². The van der Waals surface area contributed by atoms with Gasteiger partial charge in [-0.15, -0.1) is 11.3 Å². The van der Waals surface area contributed by atoms with Crippen molar-refractivity contribution in [2.75, 3.05) is 7.11 Å². The Labute approximate surface area is 153 Å². The fraction of sp³-hybridized carbons (Fsp3) is 0.0500. The molecule has 0 saturated heterocycles. The van der Waals surface area contributed by atoms with Crippen LogP contribution >= 0.6 is 11.3 Å². The molecule has 0 atom stereocenters. The Morgan fingerprint density at radius 3 is 2.54 bits per heavy atom. The lowest BCUT2D eigenvalue weighted by Crippen LogP contribution is -1.99. The predicted molar refractivity (Wildman–Crippen MR) is 103 cm³/mol. The predicted octanol–water partition coefficient (Wildman–Crippen LogP) is 4.69. The van der Waals surface area contributed by atoms with Gasteiger partial charge in [-0.05, 0) is 24.3 Å². The first-order chi connectivity index (χ1) is 12.7. The third-order valence-corrected chi connectivity index (χ3v) is 4.86. The highest BCUT2D eigenvalue weighted by molar-refractivity contribution is 7.13. The van der Waals surface area contributed by atoms with Crippen molar-refractivity contribution in [3.63, 3.8) is 0 Å². The zero-order chi connectivity index (χ0) is 18.1. The monoisotopic (exact) mass is 362 g/mol. The van der Waals surface area contributed by atoms with E-state index in [0.29, 0.717) is 16.3 Å². The standard InChI is InChI=1S/C20H14N2O3S/c1-25-13-8-6-12(7-9-13)17-11-26-20(22-17)21-10-16-18(23)14-4-2-3-5-15(14)19(16)24/h2-11,23H,1H3. The number of rotatable bonds is 4. The number of hydrogen-bond acceptors (Lipinski definition) is 6. The van der Waals surface area contributed by atoms with Crippen molar-refractivity contribution in [2.24, 2.45) is 4.99 Å². The number of allylic oxidation sites excluding steroid dienone is 1. The van der Waals surface area contributed by atoms with Gasteiger partial charge in [-0.25, -0.2) is 9.98 Å². The van der Waals surface area contributed by atoms with Gasteiger partial charge in [0.15, 0.2) is 5.78 Å². The fourth-order valence-electron chi connectivity index (χ4n) is 2.74. The van der Waals surface area contributed by atoms with Crippen molar-refractivity contribution >= 4 is 34.2 Å². The first-order valence-electron chi connectivity index (χ1n) is 7.89. The normalized spacial score (nSPS) is 13.5. The van der Waals surface area contributed by atoms with Gasteiger partial charge in [0, 0.05) is 28.3 Å². The molecule has 0 aliphatic heterocycles. The van der Waals surface area contributed by atoms with E-state index < -0.39 is 0 Å². The molecule has 0 radical (unpaired) electrons. The number of aliphatic hydroxyl groups excluding tert-OH is 1. The average Bonchev–Trinajstić information content (AvgIpc) is 3.25. The van der Waals surface area contributed by atoms with Gasteiger partial charge in [-0.1, -0.05) is 24.3 Å². The highest BCUT2D eigenvalue weighted by Gasteiger charge is 2.28. The molecule has 1 N–H and O–H groups in total. The number of methoxy groups -OCH3 is 1. The fourth-order valence-corrected chi connectivity index (χ4v) is 3.41. The molecule has 4 rings (SSSR count). The molecule has 5 nitrogen and oxygen atoms in total. The minimum atomic E-state index is -0.228. The summed E-state index contributed by atoms with van der Waals surface area (Å²) in [6.07, 6.45) is 1.38. The molecule has 128 valence electrons. The Balaban J connectivity index is 1.58. The Bertz CT molecular complexity index is 1050. The summed E-state index contributed by atoms with van der Waals surface area (Å²) in [6.45, 7) is 0. The summed E-state index contributed by atoms with van der Waals surface area (Å²) < 4.78 is 5.15. The Hall–Kier alpha value is -3.25. The van der Waals surface area contributed by atoms with E-state index in [-0.39, 0.29) is 17.1 Å². The number of carbonyl (C=O) groups excluding carboxylic acids is 1. The highest BCUT2D eigenvalue weighted by Crippen LogP contribution is 2.31. The van der Waals surface area contributed by atoms with E-state index in [1.807, 2.05) is 29.6 Å². The number of carbonyl (C=O) groups is 1. The minimum absolute atomic E-state index is 0.0405. The third-order valence-electron chi connectivity index (χ3n) is 4.11. The largest absolute Gasteiger partial charge is 0.506 e. The molecular weight excluding hydrogens is 348 g/mol. The van der Waals surface area contributed by atoms with Crippen molar-refractivity contribution in [1.29, 1.82) is 0 Å². The topological polar surface area (TPSA) is 71.8 Å². The number of hydrogen-bond donors (Lipinski definition) is 1. The summed E-state index contributed by atoms with van der Waals surface area (Å²) in [5.74, 6) is 0.513. The van der Waals surface area contributed by atoms with Crippen LogP contribution in [0.15, 0.2) is 64.5 Å². The maximum absolute atomic E-state index is 12.4. The van der Waals surface area contributed by atoms with Crippen LogP contribution in [-0.2, 0) is 0 Å². The lowest BCUT2D eigenvalue weighted by molar-refractivity contribution is 0.104. The number of Topliss-reactive ketones (excluding diaryl/α,β-unsaturated/α-hetero) is 1. The van der Waals surface area contributed by atoms with Crippen LogP contribution in [0.3, 0.4) is 0 Å². The molecule has 3 aromatic rings. The van der Waals surface area contributed by atoms with Gasteiger partial charge in [0.1, 0.15) is 11.5 Å². The third kappa shape index (κ3) is 2.80. The lowest BCUT2D eigenvalue weighted by Gasteiger charge is -2.00. The molecule has 1 heterocycles. The van der Waals surface area contributed by atoms with Crippen LogP contribution in [0, 0.1) is 0 Å². The maximum atomic E-state index is 12.4. The van der Waals surface area contributed by atoms with E-state index in [1.54, 1.807) is 31.4 Å². The van der Waals surface area contributed by atoms with Crippen LogP contribution in [0.1, 0.15) is 15.9 Å². The molecule has 1 aromatic heterocycles. The summed E-state index contributed by atoms with van der Waals surface area (Å²) in [7, 11) is 1.62. The molecule has 26 heavy (non-hydrogen) atoms. The highest BCUT2D eigenvalue weighted by atomic mass is 32.1. The molecule has 0 unspecified atom stereocenters. The van der Waals surface area contributed by atoms with Gasteiger partial charge in [-0.3, -0.25) is 4.79 Å². The second kappa shape index (κ2) is 6.57. The molecule has 1 aliphatic rings.